The first-order chi connectivity index (χ1) is 55.3. The van der Waals surface area contributed by atoms with E-state index in [4.69, 9.17) is 54.1 Å². The fraction of sp³-hybridized carbons (Fsp3) is 0.434. The van der Waals surface area contributed by atoms with Gasteiger partial charge < -0.3 is 58.1 Å². The maximum atomic E-state index is 14.5. The van der Waals surface area contributed by atoms with Gasteiger partial charge in [0.2, 0.25) is 5.75 Å². The number of carbonyl (C=O) groups excluding carboxylic acids is 5. The first kappa shape index (κ1) is 77.1. The van der Waals surface area contributed by atoms with Gasteiger partial charge in [0.25, 0.3) is 10.2 Å². The van der Waals surface area contributed by atoms with Crippen LogP contribution >= 0.6 is 0 Å². The molecule has 5 N–H and O–H groups in total. The molecule has 28 nitrogen and oxygen atoms in total. The highest BCUT2D eigenvalue weighted by Gasteiger charge is 2.63. The number of methoxy groups -OCH3 is 5. The molecule has 0 unspecified atom stereocenters. The third-order valence-electron chi connectivity index (χ3n) is 26.8. The Morgan fingerprint density at radius 1 is 0.409 bits per heavy atom. The van der Waals surface area contributed by atoms with Crippen LogP contribution in [0.2, 0.25) is 0 Å². The highest BCUT2D eigenvalue weighted by atomic mass is 32.2. The molecule has 5 aliphatic heterocycles. The quantitative estimate of drug-likeness (QED) is 0.0652. The monoisotopic (exact) mass is 1610 g/mol. The van der Waals surface area contributed by atoms with Crippen LogP contribution in [0.25, 0.3) is 0 Å². The van der Waals surface area contributed by atoms with Crippen LogP contribution in [0.4, 0.5) is 44.1 Å². The number of fused-ring (bicyclic) bond motifs is 18. The van der Waals surface area contributed by atoms with Gasteiger partial charge in [-0.15, -0.1) is 0 Å². The van der Waals surface area contributed by atoms with E-state index in [1.165, 1.54) is 57.1 Å². The van der Waals surface area contributed by atoms with Gasteiger partial charge in [-0.3, -0.25) is 0 Å². The van der Waals surface area contributed by atoms with Crippen LogP contribution in [0.1, 0.15) is 118 Å². The number of rotatable bonds is 12. The number of likely N-dealkylation sites (tertiary alicyclic amines) is 5. The molecule has 115 heavy (non-hydrogen) atoms. The lowest BCUT2D eigenvalue weighted by Crippen LogP contribution is -2.59. The summed E-state index contributed by atoms with van der Waals surface area (Å²) in [6.07, 6.45) is 6.30. The number of carbonyl (C=O) groups is 5. The average Bonchev–Trinajstić information content (AvgIpc) is 1.09. The molecule has 12 aliphatic rings. The van der Waals surface area contributed by atoms with Gasteiger partial charge in [-0.05, 0) is 180 Å². The van der Waals surface area contributed by atoms with Gasteiger partial charge in [-0.25, -0.2) is 32.8 Å². The van der Waals surface area contributed by atoms with Crippen molar-refractivity contribution in [1.29, 1.82) is 0 Å². The molecule has 6 fully saturated rings. The van der Waals surface area contributed by atoms with Crippen LogP contribution in [-0.4, -0.2) is 170 Å². The van der Waals surface area contributed by atoms with Crippen molar-refractivity contribution in [2.24, 2.45) is 32.1 Å². The zero-order chi connectivity index (χ0) is 80.4. The first-order valence-electron chi connectivity index (χ1n) is 38.8. The fourth-order valence-corrected chi connectivity index (χ4v) is 24.7. The Balaban J connectivity index is 0.000000138. The normalized spacial score (nSPS) is 28.9. The second-order valence-corrected chi connectivity index (χ2v) is 34.5. The summed E-state index contributed by atoms with van der Waals surface area (Å²) in [6, 6.07) is 44.3. The molecule has 0 radical (unpaired) electrons. The number of nitrogens with one attached hydrogen (secondary N) is 3. The van der Waals surface area contributed by atoms with E-state index in [0.717, 1.165) is 95.7 Å². The summed E-state index contributed by atoms with van der Waals surface area (Å²) in [6.45, 7) is 2.10. The number of halogens is 2. The van der Waals surface area contributed by atoms with Gasteiger partial charge in [0.15, 0.2) is 11.6 Å². The summed E-state index contributed by atoms with van der Waals surface area (Å²) in [5.41, 5.74) is 14.2. The van der Waals surface area contributed by atoms with Crippen molar-refractivity contribution < 1.29 is 77.5 Å². The lowest BCUT2D eigenvalue weighted by atomic mass is 9.88. The second kappa shape index (κ2) is 29.0. The van der Waals surface area contributed by atoms with Crippen molar-refractivity contribution in [1.82, 2.24) is 38.7 Å². The Morgan fingerprint density at radius 3 is 1.27 bits per heavy atom. The molecule has 0 spiro atoms. The smallest absolute Gasteiger partial charge is 0.409 e. The molecule has 7 aromatic rings. The van der Waals surface area contributed by atoms with Crippen LogP contribution in [-0.2, 0) is 116 Å². The Hall–Kier alpha value is -10.5. The number of hydrogen-bond donors (Lipinski definition) is 4. The van der Waals surface area contributed by atoms with Crippen molar-refractivity contribution >= 4 is 62.4 Å². The number of ether oxygens (including phenoxy) is 5. The summed E-state index contributed by atoms with van der Waals surface area (Å²) < 4.78 is 123. The Kier molecular flexibility index (Phi) is 19.5. The van der Waals surface area contributed by atoms with Gasteiger partial charge in [0, 0.05) is 32.7 Å². The molecule has 32 heteroatoms. The number of hydrogen-bond acceptors (Lipinski definition) is 20. The topological polar surface area (TPSA) is 337 Å². The third kappa shape index (κ3) is 12.4. The molecular formula is C83H89F2N13O15S2. The molecule has 7 aromatic carbocycles. The van der Waals surface area contributed by atoms with Crippen LogP contribution < -0.4 is 24.1 Å². The minimum Gasteiger partial charge on any atom is -0.453 e. The average molecular weight is 1610 g/mol. The molecule has 12 atom stereocenters. The Labute approximate surface area is 664 Å². The molecular weight excluding hydrogens is 1520 g/mol. The number of para-hydroxylation sites is 1. The molecule has 5 heterocycles. The zero-order valence-corrected chi connectivity index (χ0v) is 65.8. The summed E-state index contributed by atoms with van der Waals surface area (Å²) in [5, 5.41) is 19.7. The number of amides is 5. The van der Waals surface area contributed by atoms with E-state index in [9.17, 15) is 49.6 Å². The fourth-order valence-electron chi connectivity index (χ4n) is 21.8. The first-order valence-corrected chi connectivity index (χ1v) is 41.7. The van der Waals surface area contributed by atoms with Gasteiger partial charge in [-0.2, -0.15) is 51.5 Å². The molecule has 5 amide bonds. The molecule has 0 aromatic heterocycles. The lowest BCUT2D eigenvalue weighted by Gasteiger charge is -2.37. The number of nitrogens with zero attached hydrogens (tertiary/aromatic N) is 9. The van der Waals surface area contributed by atoms with Crippen LogP contribution in [0, 0.1) is 17.6 Å². The van der Waals surface area contributed by atoms with Crippen molar-refractivity contribution in [2.75, 3.05) is 68.3 Å². The summed E-state index contributed by atoms with van der Waals surface area (Å²) >= 11 is 0. The van der Waals surface area contributed by atoms with E-state index in [1.54, 1.807) is 37.8 Å². The highest BCUT2D eigenvalue weighted by molar-refractivity contribution is 7.87. The van der Waals surface area contributed by atoms with E-state index in [1.807, 2.05) is 78.9 Å². The Bertz CT molecular complexity index is 5420. The maximum Gasteiger partial charge on any atom is 0.409 e. The molecule has 0 bridgehead atoms. The van der Waals surface area contributed by atoms with E-state index >= 15 is 0 Å². The Morgan fingerprint density at radius 2 is 0.783 bits per heavy atom. The molecule has 19 rings (SSSR count). The summed E-state index contributed by atoms with van der Waals surface area (Å²) in [4.78, 5) is 71.4. The van der Waals surface area contributed by atoms with E-state index in [2.05, 4.69) is 50.6 Å². The van der Waals surface area contributed by atoms with Crippen LogP contribution in [0.5, 0.6) is 5.75 Å². The van der Waals surface area contributed by atoms with E-state index < -0.39 is 96.0 Å². The number of benzene rings is 7. The number of azo groups is 2. The van der Waals surface area contributed by atoms with Crippen molar-refractivity contribution in [2.45, 2.75) is 153 Å². The van der Waals surface area contributed by atoms with Gasteiger partial charge in [0.05, 0.1) is 99.3 Å². The SMILES string of the molecule is COC(=O)N1CC[C@]2(N)c3ccccc3C[C@H]12.COC(=O)N1CC[C@]2(N=Nc3cccc4c3C[C@H]3N(C(=O)OC)CC[C@@]43NS(=O)(=O)N[C@]34CCC[C@H]3Cc3ccccc34)c3ccccc3C[C@H]12.COC(=O)N1CC[C@]2(N=Nc3cccc4c3C[C@H]3N(C(=O)OC)CC[C@@]43NS(=O)(=O)Oc3c(F)cccc3F)c3ccccc3C[C@H]12. The van der Waals surface area contributed by atoms with E-state index in [-0.39, 0.29) is 61.2 Å². The van der Waals surface area contributed by atoms with Crippen molar-refractivity contribution in [3.8, 4) is 5.75 Å². The van der Waals surface area contributed by atoms with Crippen molar-refractivity contribution in [3.63, 3.8) is 0 Å². The predicted molar refractivity (Wildman–Crippen MR) is 413 cm³/mol. The predicted octanol–water partition coefficient (Wildman–Crippen LogP) is 11.4. The minimum absolute atomic E-state index is 0.0485. The minimum atomic E-state index is -4.84. The summed E-state index contributed by atoms with van der Waals surface area (Å²) in [7, 11) is -2.21. The third-order valence-corrected chi connectivity index (χ3v) is 29.1. The lowest BCUT2D eigenvalue weighted by molar-refractivity contribution is 0.111. The zero-order valence-electron chi connectivity index (χ0n) is 64.1. The highest BCUT2D eigenvalue weighted by Crippen LogP contribution is 2.58. The van der Waals surface area contributed by atoms with Crippen molar-refractivity contribution in [3.05, 3.63) is 230 Å². The van der Waals surface area contributed by atoms with Crippen LogP contribution in [0.3, 0.4) is 0 Å². The molecule has 602 valence electrons. The number of nitrogens with two attached hydrogens (primary N) is 1. The molecule has 5 saturated heterocycles. The second-order valence-electron chi connectivity index (χ2n) is 31.8. The standard InChI is InChI=1S/C38H42N6O6S.C32H31F2N5O7S.C13H16N2O2/c1-49-34(45)43-19-17-37(29-13-6-4-10-25(29)22-32(37)43)40-39-31-15-7-14-30-27(31)23-33-38(30,18-20-44(33)35(46)50-2)42-51(47,48)41-36-16-8-11-26(36)21-24-9-3-5-12-28(24)36;1-44-29(40)38-15-13-31(21-8-4-3-7-19(21)17-26(31)38)36-35-25-12-5-9-22-20(25)18-27-32(22,14-16-39(27)30(41)45-2)37-47(42,43)46-28-23(33)10-6-11-24(28)34;1-17-12(16)15-7-6-13(14)10-5-3-2-4-9(10)8-11(13)15/h3-7,9-10,12-15,26,32-33,41-42H,8,11,16-23H2,1-2H3;3-12,26-27,37H,13-18H2,1-2H3;2-5,11H,6-8,14H2,1H3/t26-,32-,33+,36+,37-,38+;26-,27+,31-,32+;11-,13-/m000/s1. The van der Waals surface area contributed by atoms with Gasteiger partial charge in [-0.1, -0.05) is 134 Å². The maximum absolute atomic E-state index is 14.5. The van der Waals surface area contributed by atoms with Crippen LogP contribution in [0.15, 0.2) is 172 Å². The molecule has 1 saturated carbocycles. The van der Waals surface area contributed by atoms with Gasteiger partial charge in [0.1, 0.15) is 11.1 Å². The summed E-state index contributed by atoms with van der Waals surface area (Å²) in [5.74, 6) is -3.26. The largest absolute Gasteiger partial charge is 0.453 e. The molecule has 7 aliphatic carbocycles. The van der Waals surface area contributed by atoms with E-state index in [0.29, 0.717) is 87.2 Å². The van der Waals surface area contributed by atoms with Gasteiger partial charge >= 0.3 is 40.8 Å².